The van der Waals surface area contributed by atoms with Crippen LogP contribution in [0.1, 0.15) is 18.9 Å². The van der Waals surface area contributed by atoms with Gasteiger partial charge in [-0.15, -0.1) is 0 Å². The Morgan fingerprint density at radius 3 is 2.76 bits per heavy atom. The van der Waals surface area contributed by atoms with Gasteiger partial charge in [-0.3, -0.25) is 0 Å². The van der Waals surface area contributed by atoms with Crippen molar-refractivity contribution in [2.45, 2.75) is 19.9 Å². The molecule has 4 heteroatoms. The molecule has 0 aliphatic carbocycles. The maximum absolute atomic E-state index is 13.5. The summed E-state index contributed by atoms with van der Waals surface area (Å²) in [7, 11) is 1.94. The van der Waals surface area contributed by atoms with Gasteiger partial charge in [-0.2, -0.15) is 0 Å². The molecule has 0 saturated carbocycles. The zero-order valence-corrected chi connectivity index (χ0v) is 11.9. The summed E-state index contributed by atoms with van der Waals surface area (Å²) >= 11 is 3.34. The van der Waals surface area contributed by atoms with Crippen LogP contribution >= 0.6 is 15.9 Å². The van der Waals surface area contributed by atoms with Crippen molar-refractivity contribution in [2.75, 3.05) is 20.2 Å². The predicted molar refractivity (Wildman–Crippen MR) is 71.3 cm³/mol. The van der Waals surface area contributed by atoms with Gasteiger partial charge in [0.05, 0.1) is 0 Å². The maximum atomic E-state index is 13.5. The van der Waals surface area contributed by atoms with E-state index in [1.165, 1.54) is 6.07 Å². The van der Waals surface area contributed by atoms with E-state index in [2.05, 4.69) is 22.9 Å². The Labute approximate surface area is 111 Å². The van der Waals surface area contributed by atoms with Crippen LogP contribution < -0.4 is 0 Å². The molecule has 0 fully saturated rings. The van der Waals surface area contributed by atoms with Crippen molar-refractivity contribution in [3.05, 3.63) is 34.1 Å². The van der Waals surface area contributed by atoms with Crippen LogP contribution in [-0.2, 0) is 6.54 Å². The van der Waals surface area contributed by atoms with Crippen molar-refractivity contribution in [1.82, 2.24) is 4.90 Å². The molecule has 1 unspecified atom stereocenters. The molecule has 0 spiro atoms. The van der Waals surface area contributed by atoms with Gasteiger partial charge in [-0.25, -0.2) is 4.39 Å². The molecular formula is C13H19BrFNO. The second-order valence-corrected chi connectivity index (χ2v) is 5.31. The zero-order valence-electron chi connectivity index (χ0n) is 10.3. The van der Waals surface area contributed by atoms with Gasteiger partial charge < -0.3 is 10.0 Å². The number of aliphatic hydroxyl groups excluding tert-OH is 1. The normalized spacial score (nSPS) is 13.1. The standard InChI is InChI=1S/C13H19BrFNO/c1-3-10(9-17)7-16(2)8-11-6-12(14)4-5-13(11)15/h4-6,10,17H,3,7-9H2,1-2H3. The lowest BCUT2D eigenvalue weighted by Gasteiger charge is -2.22. The van der Waals surface area contributed by atoms with Gasteiger partial charge in [0.15, 0.2) is 0 Å². The van der Waals surface area contributed by atoms with Crippen molar-refractivity contribution in [2.24, 2.45) is 5.92 Å². The van der Waals surface area contributed by atoms with Crippen LogP contribution in [0.2, 0.25) is 0 Å². The van der Waals surface area contributed by atoms with E-state index in [1.54, 1.807) is 12.1 Å². The third-order valence-corrected chi connectivity index (χ3v) is 3.35. The summed E-state index contributed by atoms with van der Waals surface area (Å²) in [6.07, 6.45) is 0.932. The molecule has 0 aliphatic heterocycles. The van der Waals surface area contributed by atoms with Crippen LogP contribution in [0.3, 0.4) is 0 Å². The first kappa shape index (κ1) is 14.6. The van der Waals surface area contributed by atoms with Crippen molar-refractivity contribution in [3.63, 3.8) is 0 Å². The Morgan fingerprint density at radius 1 is 1.47 bits per heavy atom. The van der Waals surface area contributed by atoms with Gasteiger partial charge in [0.25, 0.3) is 0 Å². The molecule has 0 aromatic heterocycles. The van der Waals surface area contributed by atoms with Crippen molar-refractivity contribution < 1.29 is 9.50 Å². The molecule has 1 aromatic carbocycles. The summed E-state index contributed by atoms with van der Waals surface area (Å²) in [5, 5.41) is 9.13. The fraction of sp³-hybridized carbons (Fsp3) is 0.538. The molecule has 0 saturated heterocycles. The molecule has 1 aromatic rings. The Balaban J connectivity index is 2.61. The van der Waals surface area contributed by atoms with Gasteiger partial charge >= 0.3 is 0 Å². The third-order valence-electron chi connectivity index (χ3n) is 2.85. The third kappa shape index (κ3) is 4.74. The summed E-state index contributed by atoms with van der Waals surface area (Å²) in [6, 6.07) is 4.96. The van der Waals surface area contributed by atoms with Gasteiger partial charge in [-0.05, 0) is 37.6 Å². The SMILES string of the molecule is CCC(CO)CN(C)Cc1cc(Br)ccc1F. The molecule has 2 nitrogen and oxygen atoms in total. The fourth-order valence-electron chi connectivity index (χ4n) is 1.78. The van der Waals surface area contributed by atoms with Gasteiger partial charge in [0.1, 0.15) is 5.82 Å². The number of hydrogen-bond acceptors (Lipinski definition) is 2. The highest BCUT2D eigenvalue weighted by Crippen LogP contribution is 2.17. The second-order valence-electron chi connectivity index (χ2n) is 4.39. The average molecular weight is 304 g/mol. The smallest absolute Gasteiger partial charge is 0.127 e. The largest absolute Gasteiger partial charge is 0.396 e. The molecule has 96 valence electrons. The molecule has 0 amide bonds. The van der Waals surface area contributed by atoms with Gasteiger partial charge in [0, 0.05) is 29.7 Å². The monoisotopic (exact) mass is 303 g/mol. The first-order chi connectivity index (χ1) is 8.06. The highest BCUT2D eigenvalue weighted by atomic mass is 79.9. The van der Waals surface area contributed by atoms with Crippen LogP contribution in [-0.4, -0.2) is 30.2 Å². The number of benzene rings is 1. The van der Waals surface area contributed by atoms with Crippen LogP contribution in [0, 0.1) is 11.7 Å². The van der Waals surface area contributed by atoms with Crippen molar-refractivity contribution in [1.29, 1.82) is 0 Å². The highest BCUT2D eigenvalue weighted by molar-refractivity contribution is 9.10. The van der Waals surface area contributed by atoms with E-state index >= 15 is 0 Å². The highest BCUT2D eigenvalue weighted by Gasteiger charge is 2.11. The summed E-state index contributed by atoms with van der Waals surface area (Å²) in [5.74, 6) is 0.0762. The number of hydrogen-bond donors (Lipinski definition) is 1. The maximum Gasteiger partial charge on any atom is 0.127 e. The molecule has 0 heterocycles. The molecule has 1 N–H and O–H groups in total. The van der Waals surface area contributed by atoms with E-state index in [0.29, 0.717) is 12.1 Å². The molecular weight excluding hydrogens is 285 g/mol. The minimum absolute atomic E-state index is 0.182. The van der Waals surface area contributed by atoms with Crippen LogP contribution in [0.25, 0.3) is 0 Å². The minimum atomic E-state index is -0.183. The summed E-state index contributed by atoms with van der Waals surface area (Å²) in [6.45, 7) is 3.57. The predicted octanol–water partition coefficient (Wildman–Crippen LogP) is 3.04. The van der Waals surface area contributed by atoms with Crippen molar-refractivity contribution >= 4 is 15.9 Å². The summed E-state index contributed by atoms with van der Waals surface area (Å²) < 4.78 is 14.4. The average Bonchev–Trinajstić information content (AvgIpc) is 2.31. The molecule has 1 rings (SSSR count). The molecule has 0 bridgehead atoms. The Bertz CT molecular complexity index is 355. The van der Waals surface area contributed by atoms with E-state index in [9.17, 15) is 4.39 Å². The van der Waals surface area contributed by atoms with Crippen LogP contribution in [0.4, 0.5) is 4.39 Å². The van der Waals surface area contributed by atoms with Crippen LogP contribution in [0.15, 0.2) is 22.7 Å². The molecule has 0 radical (unpaired) electrons. The molecule has 0 aliphatic rings. The topological polar surface area (TPSA) is 23.5 Å². The number of nitrogens with zero attached hydrogens (tertiary/aromatic N) is 1. The summed E-state index contributed by atoms with van der Waals surface area (Å²) in [5.41, 5.74) is 0.676. The Kier molecular flexibility index (Phi) is 6.09. The van der Waals surface area contributed by atoms with E-state index in [4.69, 9.17) is 5.11 Å². The lowest BCUT2D eigenvalue weighted by molar-refractivity contribution is 0.172. The number of rotatable bonds is 6. The van der Waals surface area contributed by atoms with Crippen LogP contribution in [0.5, 0.6) is 0 Å². The Hall–Kier alpha value is -0.450. The first-order valence-electron chi connectivity index (χ1n) is 5.80. The van der Waals surface area contributed by atoms with E-state index < -0.39 is 0 Å². The quantitative estimate of drug-likeness (QED) is 0.873. The number of halogens is 2. The second kappa shape index (κ2) is 7.09. The fourth-order valence-corrected chi connectivity index (χ4v) is 2.19. The lowest BCUT2D eigenvalue weighted by atomic mass is 10.1. The van der Waals surface area contributed by atoms with E-state index in [-0.39, 0.29) is 18.3 Å². The minimum Gasteiger partial charge on any atom is -0.396 e. The molecule has 17 heavy (non-hydrogen) atoms. The molecule has 1 atom stereocenters. The zero-order chi connectivity index (χ0) is 12.8. The first-order valence-corrected chi connectivity index (χ1v) is 6.59. The van der Waals surface area contributed by atoms with Gasteiger partial charge in [-0.1, -0.05) is 22.9 Å². The number of aliphatic hydroxyl groups is 1. The lowest BCUT2D eigenvalue weighted by Crippen LogP contribution is -2.27. The van der Waals surface area contributed by atoms with Crippen molar-refractivity contribution in [3.8, 4) is 0 Å². The summed E-state index contributed by atoms with van der Waals surface area (Å²) in [4.78, 5) is 2.04. The Morgan fingerprint density at radius 2 is 2.18 bits per heavy atom. The van der Waals surface area contributed by atoms with E-state index in [1.807, 2.05) is 11.9 Å². The van der Waals surface area contributed by atoms with E-state index in [0.717, 1.165) is 17.4 Å². The van der Waals surface area contributed by atoms with Gasteiger partial charge in [0.2, 0.25) is 0 Å².